The number of hydrazone groups is 1. The number of carbonyl (C=O) groups excluding carboxylic acids is 2. The molecule has 1 aromatic heterocycles. The van der Waals surface area contributed by atoms with Crippen LogP contribution >= 0.6 is 23.1 Å². The molecule has 1 fully saturated rings. The summed E-state index contributed by atoms with van der Waals surface area (Å²) >= 11 is 2.55. The second-order valence-electron chi connectivity index (χ2n) is 7.28. The Bertz CT molecular complexity index is 1250. The summed E-state index contributed by atoms with van der Waals surface area (Å²) < 4.78 is 16.2. The van der Waals surface area contributed by atoms with Crippen molar-refractivity contribution in [1.29, 1.82) is 5.41 Å². The van der Waals surface area contributed by atoms with Gasteiger partial charge in [-0.2, -0.15) is 10.0 Å². The number of ether oxygens (including phenoxy) is 3. The highest BCUT2D eigenvalue weighted by Crippen LogP contribution is 2.32. The predicted octanol–water partition coefficient (Wildman–Crippen LogP) is 2.88. The molecule has 0 atom stereocenters. The molecule has 1 saturated heterocycles. The van der Waals surface area contributed by atoms with Crippen LogP contribution in [0.4, 0.5) is 0 Å². The number of benzene rings is 1. The van der Waals surface area contributed by atoms with Crippen molar-refractivity contribution in [3.63, 3.8) is 0 Å². The van der Waals surface area contributed by atoms with Gasteiger partial charge in [-0.25, -0.2) is 4.79 Å². The van der Waals surface area contributed by atoms with Gasteiger partial charge in [0.2, 0.25) is 5.17 Å². The fourth-order valence-corrected chi connectivity index (χ4v) is 4.98. The molecule has 0 aliphatic carbocycles. The van der Waals surface area contributed by atoms with E-state index in [0.717, 1.165) is 0 Å². The molecule has 0 spiro atoms. The van der Waals surface area contributed by atoms with Crippen LogP contribution in [0.5, 0.6) is 11.5 Å². The highest BCUT2D eigenvalue weighted by atomic mass is 32.2. The molecule has 1 N–H and O–H groups in total. The molecule has 0 unspecified atom stereocenters. The highest BCUT2D eigenvalue weighted by molar-refractivity contribution is 8.26. The third-order valence-corrected chi connectivity index (χ3v) is 6.97. The molecule has 0 bridgehead atoms. The van der Waals surface area contributed by atoms with E-state index >= 15 is 0 Å². The van der Waals surface area contributed by atoms with E-state index in [2.05, 4.69) is 15.0 Å². The Balaban J connectivity index is 1.38. The number of amidine groups is 3. The average molecular weight is 498 g/mol. The van der Waals surface area contributed by atoms with Gasteiger partial charge in [0, 0.05) is 13.1 Å². The van der Waals surface area contributed by atoms with Crippen molar-refractivity contribution in [3.8, 4) is 11.5 Å². The number of hydrogen-bond donors (Lipinski definition) is 1. The molecule has 1 amide bonds. The summed E-state index contributed by atoms with van der Waals surface area (Å²) in [7, 11) is 1.46. The van der Waals surface area contributed by atoms with Crippen LogP contribution in [-0.2, 0) is 9.53 Å². The first-order valence-corrected chi connectivity index (χ1v) is 12.0. The standard InChI is InChI=1S/C22H19N5O5S2/c1-30-16-12-13(4-5-15(16)32-20(29)17-3-2-10-33-17)11-14-18(23)27-21(24-19(14)28)34-22(25-27)26-6-8-31-9-7-26/h2-5,10-12,23H,6-9H2,1H3/b14-11+,23-18?. The lowest BCUT2D eigenvalue weighted by atomic mass is 10.1. The molecule has 12 heteroatoms. The normalized spacial score (nSPS) is 19.1. The van der Waals surface area contributed by atoms with Gasteiger partial charge in [0.1, 0.15) is 4.88 Å². The van der Waals surface area contributed by atoms with Gasteiger partial charge in [-0.05, 0) is 47.0 Å². The van der Waals surface area contributed by atoms with Gasteiger partial charge in [0.15, 0.2) is 22.5 Å². The minimum atomic E-state index is -0.519. The summed E-state index contributed by atoms with van der Waals surface area (Å²) in [6.45, 7) is 2.60. The van der Waals surface area contributed by atoms with Gasteiger partial charge in [0.05, 0.1) is 25.9 Å². The first kappa shape index (κ1) is 22.3. The van der Waals surface area contributed by atoms with E-state index in [1.807, 2.05) is 0 Å². The number of nitrogens with zero attached hydrogens (tertiary/aromatic N) is 4. The van der Waals surface area contributed by atoms with Crippen molar-refractivity contribution in [1.82, 2.24) is 9.91 Å². The average Bonchev–Trinajstić information content (AvgIpc) is 3.54. The molecular weight excluding hydrogens is 478 g/mol. The molecule has 34 heavy (non-hydrogen) atoms. The SMILES string of the molecule is COc1cc(/C=C2\C(=N)N3N=C(N4CCOCC4)SC3=NC2=O)ccc1OC(=O)c1cccs1. The van der Waals surface area contributed by atoms with E-state index in [-0.39, 0.29) is 17.2 Å². The van der Waals surface area contributed by atoms with Crippen LogP contribution in [0.15, 0.2) is 51.4 Å². The van der Waals surface area contributed by atoms with Crippen LogP contribution in [0.1, 0.15) is 15.2 Å². The van der Waals surface area contributed by atoms with E-state index in [1.54, 1.807) is 41.8 Å². The molecule has 3 aliphatic heterocycles. The molecule has 0 saturated carbocycles. The molecule has 3 aliphatic rings. The molecular formula is C22H19N5O5S2. The monoisotopic (exact) mass is 497 g/mol. The lowest BCUT2D eigenvalue weighted by molar-refractivity contribution is -0.114. The number of amides is 1. The number of thioether (sulfide) groups is 1. The first-order chi connectivity index (χ1) is 16.5. The zero-order valence-electron chi connectivity index (χ0n) is 18.0. The summed E-state index contributed by atoms with van der Waals surface area (Å²) in [6, 6.07) is 8.34. The Labute approximate surface area is 203 Å². The zero-order chi connectivity index (χ0) is 23.7. The van der Waals surface area contributed by atoms with E-state index in [0.29, 0.717) is 52.8 Å². The third kappa shape index (κ3) is 4.34. The molecule has 5 rings (SSSR count). The second kappa shape index (κ2) is 9.41. The van der Waals surface area contributed by atoms with Gasteiger partial charge in [-0.15, -0.1) is 16.4 Å². The largest absolute Gasteiger partial charge is 0.493 e. The van der Waals surface area contributed by atoms with Gasteiger partial charge in [-0.1, -0.05) is 12.1 Å². The lowest BCUT2D eigenvalue weighted by Crippen LogP contribution is -2.39. The zero-order valence-corrected chi connectivity index (χ0v) is 19.6. The molecule has 1 aromatic carbocycles. The molecule has 10 nitrogen and oxygen atoms in total. The fraction of sp³-hybridized carbons (Fsp3) is 0.227. The quantitative estimate of drug-likeness (QED) is 0.389. The molecule has 2 aromatic rings. The van der Waals surface area contributed by atoms with Crippen LogP contribution in [0.2, 0.25) is 0 Å². The maximum Gasteiger partial charge on any atom is 0.353 e. The van der Waals surface area contributed by atoms with E-state index in [9.17, 15) is 9.59 Å². The van der Waals surface area contributed by atoms with Crippen molar-refractivity contribution < 1.29 is 23.8 Å². The van der Waals surface area contributed by atoms with Crippen molar-refractivity contribution in [2.24, 2.45) is 10.1 Å². The predicted molar refractivity (Wildman–Crippen MR) is 130 cm³/mol. The van der Waals surface area contributed by atoms with Crippen molar-refractivity contribution in [2.75, 3.05) is 33.4 Å². The van der Waals surface area contributed by atoms with Crippen LogP contribution in [0, 0.1) is 5.41 Å². The van der Waals surface area contributed by atoms with Crippen LogP contribution in [0.25, 0.3) is 6.08 Å². The summed E-state index contributed by atoms with van der Waals surface area (Å²) in [4.78, 5) is 31.7. The van der Waals surface area contributed by atoms with Gasteiger partial charge in [-0.3, -0.25) is 10.2 Å². The maximum absolute atomic E-state index is 12.7. The summed E-state index contributed by atoms with van der Waals surface area (Å²) in [6.07, 6.45) is 1.55. The smallest absolute Gasteiger partial charge is 0.353 e. The number of fused-ring (bicyclic) bond motifs is 1. The Morgan fingerprint density at radius 3 is 2.76 bits per heavy atom. The number of hydrogen-bond acceptors (Lipinski definition) is 10. The van der Waals surface area contributed by atoms with E-state index < -0.39 is 11.9 Å². The van der Waals surface area contributed by atoms with Crippen LogP contribution in [0.3, 0.4) is 0 Å². The number of thiophene rings is 1. The van der Waals surface area contributed by atoms with Crippen molar-refractivity contribution in [2.45, 2.75) is 0 Å². The number of aliphatic imine (C=N–C) groups is 1. The van der Waals surface area contributed by atoms with E-state index in [1.165, 1.54) is 35.2 Å². The molecule has 4 heterocycles. The maximum atomic E-state index is 12.7. The summed E-state index contributed by atoms with van der Waals surface area (Å²) in [5.41, 5.74) is 0.686. The lowest BCUT2D eigenvalue weighted by Gasteiger charge is -2.26. The molecule has 0 radical (unpaired) electrons. The van der Waals surface area contributed by atoms with Crippen LogP contribution in [-0.4, -0.2) is 71.4 Å². The minimum absolute atomic E-state index is 0.0575. The van der Waals surface area contributed by atoms with E-state index in [4.69, 9.17) is 19.6 Å². The third-order valence-electron chi connectivity index (χ3n) is 5.15. The van der Waals surface area contributed by atoms with Crippen LogP contribution < -0.4 is 9.47 Å². The van der Waals surface area contributed by atoms with Gasteiger partial charge >= 0.3 is 5.97 Å². The number of methoxy groups -OCH3 is 1. The fourth-order valence-electron chi connectivity index (χ4n) is 3.43. The summed E-state index contributed by atoms with van der Waals surface area (Å²) in [5.74, 6) is -0.482. The Hall–Kier alpha value is -3.48. The van der Waals surface area contributed by atoms with Crippen molar-refractivity contribution >= 4 is 57.2 Å². The number of esters is 1. The summed E-state index contributed by atoms with van der Waals surface area (Å²) in [5, 5.41) is 17.3. The highest BCUT2D eigenvalue weighted by Gasteiger charge is 2.37. The van der Waals surface area contributed by atoms with Crippen molar-refractivity contribution in [3.05, 3.63) is 51.7 Å². The Morgan fingerprint density at radius 1 is 1.21 bits per heavy atom. The number of carbonyl (C=O) groups is 2. The second-order valence-corrected chi connectivity index (χ2v) is 9.16. The Kier molecular flexibility index (Phi) is 6.18. The number of nitrogens with one attached hydrogen (secondary N) is 1. The molecule has 174 valence electrons. The Morgan fingerprint density at radius 2 is 2.03 bits per heavy atom. The first-order valence-electron chi connectivity index (χ1n) is 10.3. The van der Waals surface area contributed by atoms with Gasteiger partial charge in [0.25, 0.3) is 5.91 Å². The minimum Gasteiger partial charge on any atom is -0.493 e. The topological polar surface area (TPSA) is 117 Å². The number of morpholine rings is 1. The van der Waals surface area contributed by atoms with Gasteiger partial charge < -0.3 is 19.1 Å². The number of rotatable bonds is 4.